The zero-order valence-electron chi connectivity index (χ0n) is 17.8. The van der Waals surface area contributed by atoms with Crippen LogP contribution >= 0.6 is 23.2 Å². The summed E-state index contributed by atoms with van der Waals surface area (Å²) < 4.78 is 19.8. The van der Waals surface area contributed by atoms with Crippen molar-refractivity contribution in [2.45, 2.75) is 0 Å². The molecule has 34 heavy (non-hydrogen) atoms. The van der Waals surface area contributed by atoms with Crippen LogP contribution in [0.3, 0.4) is 0 Å². The third kappa shape index (κ3) is 4.66. The topological polar surface area (TPSA) is 77.4 Å². The Kier molecular flexibility index (Phi) is 6.68. The normalized spacial score (nSPS) is 10.8. The van der Waals surface area contributed by atoms with E-state index in [2.05, 4.69) is 5.32 Å². The lowest BCUT2D eigenvalue weighted by atomic mass is 9.97. The number of anilines is 1. The Bertz CT molecular complexity index is 1480. The van der Waals surface area contributed by atoms with Crippen molar-refractivity contribution in [3.63, 3.8) is 0 Å². The van der Waals surface area contributed by atoms with Gasteiger partial charge >= 0.3 is 5.97 Å². The fourth-order valence-electron chi connectivity index (χ4n) is 3.58. The summed E-state index contributed by atoms with van der Waals surface area (Å²) in [5.41, 5.74) is 0.973. The molecule has 1 heterocycles. The van der Waals surface area contributed by atoms with Crippen LogP contribution in [0.15, 0.2) is 71.5 Å². The molecule has 0 fully saturated rings. The van der Waals surface area contributed by atoms with Crippen LogP contribution in [0, 0.1) is 5.82 Å². The smallest absolute Gasteiger partial charge is 0.356 e. The van der Waals surface area contributed by atoms with Gasteiger partial charge in [-0.2, -0.15) is 0 Å². The number of esters is 1. The molecule has 0 saturated carbocycles. The van der Waals surface area contributed by atoms with Gasteiger partial charge in [0.2, 0.25) is 0 Å². The molecule has 0 atom stereocenters. The molecule has 6 nitrogen and oxygen atoms in total. The summed E-state index contributed by atoms with van der Waals surface area (Å²) in [4.78, 5) is 38.4. The molecule has 9 heteroatoms. The summed E-state index contributed by atoms with van der Waals surface area (Å²) in [6, 6.07) is 17.4. The number of hydrogen-bond donors (Lipinski definition) is 1. The second-order valence-electron chi connectivity index (χ2n) is 7.39. The number of benzene rings is 3. The van der Waals surface area contributed by atoms with Gasteiger partial charge in [0.15, 0.2) is 6.61 Å². The second kappa shape index (κ2) is 9.67. The standard InChI is InChI=1S/C25H17Cl2FN2O4/c1-30-23(25(33)34-13-21(31)29-16-10-11-20(28)19(27)12-16)22(14-6-8-15(26)9-7-14)17-4-2-3-5-18(17)24(30)32/h2-12H,13H2,1H3,(H,29,31). The van der Waals surface area contributed by atoms with Gasteiger partial charge in [-0.25, -0.2) is 9.18 Å². The van der Waals surface area contributed by atoms with Crippen LogP contribution in [-0.2, 0) is 16.6 Å². The van der Waals surface area contributed by atoms with Crippen LogP contribution in [0.4, 0.5) is 10.1 Å². The summed E-state index contributed by atoms with van der Waals surface area (Å²) in [5, 5.41) is 3.82. The molecule has 0 saturated heterocycles. The number of fused-ring (bicyclic) bond motifs is 1. The first-order valence-corrected chi connectivity index (χ1v) is 10.8. The Morgan fingerprint density at radius 1 is 1.00 bits per heavy atom. The fourth-order valence-corrected chi connectivity index (χ4v) is 3.89. The lowest BCUT2D eigenvalue weighted by Gasteiger charge is -2.17. The summed E-state index contributed by atoms with van der Waals surface area (Å²) >= 11 is 11.7. The maximum Gasteiger partial charge on any atom is 0.356 e. The van der Waals surface area contributed by atoms with E-state index in [0.717, 1.165) is 6.07 Å². The number of amides is 1. The highest BCUT2D eigenvalue weighted by atomic mass is 35.5. The molecule has 1 amide bonds. The third-order valence-electron chi connectivity index (χ3n) is 5.17. The quantitative estimate of drug-likeness (QED) is 0.371. The van der Waals surface area contributed by atoms with Gasteiger partial charge in [-0.05, 0) is 47.3 Å². The largest absolute Gasteiger partial charge is 0.451 e. The average Bonchev–Trinajstić information content (AvgIpc) is 2.83. The van der Waals surface area contributed by atoms with Crippen LogP contribution in [0.25, 0.3) is 21.9 Å². The molecule has 0 aliphatic carbocycles. The van der Waals surface area contributed by atoms with E-state index in [1.165, 1.54) is 23.7 Å². The third-order valence-corrected chi connectivity index (χ3v) is 5.71. The molecule has 0 aliphatic rings. The van der Waals surface area contributed by atoms with E-state index in [4.69, 9.17) is 27.9 Å². The SMILES string of the molecule is Cn1c(C(=O)OCC(=O)Nc2ccc(F)c(Cl)c2)c(-c2ccc(Cl)cc2)c2ccccc2c1=O. The van der Waals surface area contributed by atoms with E-state index >= 15 is 0 Å². The van der Waals surface area contributed by atoms with Crippen molar-refractivity contribution in [2.75, 3.05) is 11.9 Å². The monoisotopic (exact) mass is 498 g/mol. The van der Waals surface area contributed by atoms with Crippen LogP contribution < -0.4 is 10.9 Å². The lowest BCUT2D eigenvalue weighted by molar-refractivity contribution is -0.119. The second-order valence-corrected chi connectivity index (χ2v) is 8.24. The van der Waals surface area contributed by atoms with Crippen LogP contribution in [0.5, 0.6) is 0 Å². The molecular formula is C25H17Cl2FN2O4. The molecule has 0 spiro atoms. The minimum Gasteiger partial charge on any atom is -0.451 e. The van der Waals surface area contributed by atoms with Gasteiger partial charge in [-0.1, -0.05) is 53.5 Å². The van der Waals surface area contributed by atoms with Crippen molar-refractivity contribution in [3.8, 4) is 11.1 Å². The average molecular weight is 499 g/mol. The van der Waals surface area contributed by atoms with E-state index in [0.29, 0.717) is 26.9 Å². The zero-order chi connectivity index (χ0) is 24.4. The molecule has 0 bridgehead atoms. The van der Waals surface area contributed by atoms with Gasteiger partial charge in [0.05, 0.1) is 5.02 Å². The molecule has 0 radical (unpaired) electrons. The molecule has 4 rings (SSSR count). The minimum absolute atomic E-state index is 0.0105. The predicted octanol–water partition coefficient (Wildman–Crippen LogP) is 5.45. The van der Waals surface area contributed by atoms with E-state index in [-0.39, 0.29) is 22.0 Å². The van der Waals surface area contributed by atoms with Gasteiger partial charge in [0.1, 0.15) is 11.5 Å². The van der Waals surface area contributed by atoms with Crippen molar-refractivity contribution in [3.05, 3.63) is 98.6 Å². The first-order valence-electron chi connectivity index (χ1n) is 10.1. The van der Waals surface area contributed by atoms with Gasteiger partial charge < -0.3 is 14.6 Å². The number of ether oxygens (including phenoxy) is 1. The zero-order valence-corrected chi connectivity index (χ0v) is 19.3. The number of carbonyl (C=O) groups is 2. The molecule has 4 aromatic rings. The molecule has 0 unspecified atom stereocenters. The molecule has 1 N–H and O–H groups in total. The number of halogens is 3. The van der Waals surface area contributed by atoms with E-state index < -0.39 is 24.3 Å². The van der Waals surface area contributed by atoms with E-state index in [1.54, 1.807) is 48.5 Å². The summed E-state index contributed by atoms with van der Waals surface area (Å²) in [7, 11) is 1.46. The Morgan fingerprint density at radius 3 is 2.35 bits per heavy atom. The Hall–Kier alpha value is -3.68. The van der Waals surface area contributed by atoms with Crippen molar-refractivity contribution in [1.82, 2.24) is 4.57 Å². The van der Waals surface area contributed by atoms with Crippen LogP contribution in [-0.4, -0.2) is 23.1 Å². The fraction of sp³-hybridized carbons (Fsp3) is 0.0800. The van der Waals surface area contributed by atoms with Crippen molar-refractivity contribution in [1.29, 1.82) is 0 Å². The highest BCUT2D eigenvalue weighted by molar-refractivity contribution is 6.31. The van der Waals surface area contributed by atoms with E-state index in [1.807, 2.05) is 0 Å². The molecule has 3 aromatic carbocycles. The number of nitrogens with one attached hydrogen (secondary N) is 1. The number of nitrogens with zero attached hydrogens (tertiary/aromatic N) is 1. The Balaban J connectivity index is 1.68. The maximum absolute atomic E-state index is 13.3. The number of pyridine rings is 1. The first-order chi connectivity index (χ1) is 16.3. The van der Waals surface area contributed by atoms with Gasteiger partial charge in [0, 0.05) is 28.7 Å². The number of rotatable bonds is 5. The molecule has 1 aromatic heterocycles. The van der Waals surface area contributed by atoms with E-state index in [9.17, 15) is 18.8 Å². The highest BCUT2D eigenvalue weighted by Gasteiger charge is 2.23. The summed E-state index contributed by atoms with van der Waals surface area (Å²) in [6.45, 7) is -0.630. The van der Waals surface area contributed by atoms with Gasteiger partial charge in [-0.15, -0.1) is 0 Å². The van der Waals surface area contributed by atoms with Crippen LogP contribution in [0.1, 0.15) is 10.5 Å². The number of carbonyl (C=O) groups excluding carboxylic acids is 2. The lowest BCUT2D eigenvalue weighted by Crippen LogP contribution is -2.28. The Labute approximate surface area is 203 Å². The number of aromatic nitrogens is 1. The molecule has 0 aliphatic heterocycles. The predicted molar refractivity (Wildman–Crippen MR) is 130 cm³/mol. The summed E-state index contributed by atoms with van der Waals surface area (Å²) in [5.74, 6) is -2.14. The van der Waals surface area contributed by atoms with Crippen molar-refractivity contribution < 1.29 is 18.7 Å². The number of hydrogen-bond acceptors (Lipinski definition) is 4. The van der Waals surface area contributed by atoms with Crippen LogP contribution in [0.2, 0.25) is 10.0 Å². The maximum atomic E-state index is 13.3. The highest BCUT2D eigenvalue weighted by Crippen LogP contribution is 2.31. The summed E-state index contributed by atoms with van der Waals surface area (Å²) in [6.07, 6.45) is 0. The molecular weight excluding hydrogens is 482 g/mol. The van der Waals surface area contributed by atoms with Crippen molar-refractivity contribution >= 4 is 51.5 Å². The van der Waals surface area contributed by atoms with Crippen molar-refractivity contribution in [2.24, 2.45) is 7.05 Å². The Morgan fingerprint density at radius 2 is 1.68 bits per heavy atom. The van der Waals surface area contributed by atoms with Gasteiger partial charge in [0.25, 0.3) is 11.5 Å². The minimum atomic E-state index is -0.859. The van der Waals surface area contributed by atoms with Gasteiger partial charge in [-0.3, -0.25) is 9.59 Å². The first kappa shape index (κ1) is 23.5. The molecule has 172 valence electrons.